The summed E-state index contributed by atoms with van der Waals surface area (Å²) in [5.74, 6) is 0. The van der Waals surface area contributed by atoms with Crippen LogP contribution in [0.15, 0.2) is 12.3 Å². The van der Waals surface area contributed by atoms with E-state index in [4.69, 9.17) is 11.5 Å². The van der Waals surface area contributed by atoms with Crippen molar-refractivity contribution in [3.05, 3.63) is 18.0 Å². The fraction of sp³-hybridized carbons (Fsp3) is 0.333. The Labute approximate surface area is 54.1 Å². The molecule has 0 amide bonds. The minimum Gasteiger partial charge on any atom is -0.397 e. The fourth-order valence-electron chi connectivity index (χ4n) is 0.789. The highest BCUT2D eigenvalue weighted by Crippen LogP contribution is 2.14. The number of nitrogens with one attached hydrogen (secondary N) is 1. The Bertz CT molecular complexity index is 190. The van der Waals surface area contributed by atoms with E-state index >= 15 is 0 Å². The van der Waals surface area contributed by atoms with Gasteiger partial charge >= 0.3 is 0 Å². The summed E-state index contributed by atoms with van der Waals surface area (Å²) in [5.41, 5.74) is 12.7. The maximum Gasteiger partial charge on any atom is 0.0548 e. The van der Waals surface area contributed by atoms with Crippen LogP contribution in [-0.4, -0.2) is 4.98 Å². The Kier molecular flexibility index (Phi) is 1.44. The van der Waals surface area contributed by atoms with Gasteiger partial charge in [-0.3, -0.25) is 0 Å². The SMILES string of the molecule is C[C@H](N)c1[nH]ccc1N. The second-order valence-electron chi connectivity index (χ2n) is 2.14. The van der Waals surface area contributed by atoms with Crippen molar-refractivity contribution in [2.45, 2.75) is 13.0 Å². The molecule has 0 fully saturated rings. The first-order chi connectivity index (χ1) is 4.22. The largest absolute Gasteiger partial charge is 0.397 e. The van der Waals surface area contributed by atoms with Gasteiger partial charge in [0.05, 0.1) is 11.4 Å². The molecule has 1 heterocycles. The molecule has 1 atom stereocenters. The minimum atomic E-state index is -0.000000000000000444. The molecule has 0 aliphatic carbocycles. The monoisotopic (exact) mass is 125 g/mol. The molecule has 9 heavy (non-hydrogen) atoms. The first-order valence-corrected chi connectivity index (χ1v) is 2.90. The van der Waals surface area contributed by atoms with Crippen molar-refractivity contribution in [2.75, 3.05) is 5.73 Å². The van der Waals surface area contributed by atoms with Gasteiger partial charge in [0.2, 0.25) is 0 Å². The maximum absolute atomic E-state index is 5.55. The highest BCUT2D eigenvalue weighted by Gasteiger charge is 2.02. The molecule has 0 bridgehead atoms. The number of anilines is 1. The summed E-state index contributed by atoms with van der Waals surface area (Å²) >= 11 is 0. The summed E-state index contributed by atoms with van der Waals surface area (Å²) < 4.78 is 0. The molecule has 5 N–H and O–H groups in total. The van der Waals surface area contributed by atoms with E-state index in [1.807, 2.05) is 6.92 Å². The quantitative estimate of drug-likeness (QED) is 0.515. The molecule has 3 heteroatoms. The van der Waals surface area contributed by atoms with Gasteiger partial charge in [-0.05, 0) is 13.0 Å². The van der Waals surface area contributed by atoms with E-state index < -0.39 is 0 Å². The Balaban J connectivity index is 2.94. The Hall–Kier alpha value is -0.960. The molecule has 3 nitrogen and oxygen atoms in total. The average molecular weight is 125 g/mol. The molecule has 0 aliphatic rings. The van der Waals surface area contributed by atoms with Crippen molar-refractivity contribution < 1.29 is 0 Å². The number of aromatic nitrogens is 1. The molecule has 0 aliphatic heterocycles. The van der Waals surface area contributed by atoms with Gasteiger partial charge in [-0.25, -0.2) is 0 Å². The van der Waals surface area contributed by atoms with Crippen LogP contribution < -0.4 is 11.5 Å². The van der Waals surface area contributed by atoms with E-state index in [0.29, 0.717) is 0 Å². The van der Waals surface area contributed by atoms with Crippen molar-refractivity contribution in [1.82, 2.24) is 4.98 Å². The fourth-order valence-corrected chi connectivity index (χ4v) is 0.789. The van der Waals surface area contributed by atoms with E-state index in [1.54, 1.807) is 12.3 Å². The van der Waals surface area contributed by atoms with Crippen molar-refractivity contribution in [3.8, 4) is 0 Å². The van der Waals surface area contributed by atoms with Crippen molar-refractivity contribution in [3.63, 3.8) is 0 Å². The number of aromatic amines is 1. The molecule has 0 saturated carbocycles. The predicted octanol–water partition coefficient (Wildman–Crippen LogP) is 0.617. The second kappa shape index (κ2) is 2.11. The molecule has 0 aromatic carbocycles. The van der Waals surface area contributed by atoms with Crippen molar-refractivity contribution in [1.29, 1.82) is 0 Å². The summed E-state index contributed by atoms with van der Waals surface area (Å²) in [5, 5.41) is 0. The van der Waals surface area contributed by atoms with Crippen molar-refractivity contribution in [2.24, 2.45) is 5.73 Å². The number of rotatable bonds is 1. The molecular formula is C6H11N3. The van der Waals surface area contributed by atoms with Gasteiger partial charge in [0.15, 0.2) is 0 Å². The summed E-state index contributed by atoms with van der Waals surface area (Å²) in [6, 6.07) is 1.80. The third-order valence-electron chi connectivity index (χ3n) is 1.27. The van der Waals surface area contributed by atoms with Gasteiger partial charge in [-0.2, -0.15) is 0 Å². The molecule has 1 aromatic heterocycles. The van der Waals surface area contributed by atoms with Gasteiger partial charge in [0.25, 0.3) is 0 Å². The van der Waals surface area contributed by atoms with Crippen LogP contribution in [0.25, 0.3) is 0 Å². The Morgan fingerprint density at radius 2 is 2.33 bits per heavy atom. The molecule has 1 rings (SSSR count). The summed E-state index contributed by atoms with van der Waals surface area (Å²) in [4.78, 5) is 2.95. The van der Waals surface area contributed by atoms with Gasteiger partial charge < -0.3 is 16.5 Å². The average Bonchev–Trinajstić information content (AvgIpc) is 2.13. The van der Waals surface area contributed by atoms with E-state index in [1.165, 1.54) is 0 Å². The van der Waals surface area contributed by atoms with Crippen LogP contribution in [0.1, 0.15) is 18.7 Å². The second-order valence-corrected chi connectivity index (χ2v) is 2.14. The molecule has 0 unspecified atom stereocenters. The summed E-state index contributed by atoms with van der Waals surface area (Å²) in [7, 11) is 0. The number of H-pyrrole nitrogens is 1. The molecule has 0 spiro atoms. The third kappa shape index (κ3) is 1.05. The number of nitrogen functional groups attached to an aromatic ring is 1. The highest BCUT2D eigenvalue weighted by atomic mass is 14.8. The zero-order valence-corrected chi connectivity index (χ0v) is 5.39. The van der Waals surface area contributed by atoms with Gasteiger partial charge in [-0.15, -0.1) is 0 Å². The van der Waals surface area contributed by atoms with Crippen LogP contribution in [0.2, 0.25) is 0 Å². The standard InChI is InChI=1S/C6H11N3/c1-4(7)6-5(8)2-3-9-6/h2-4,9H,7-8H2,1H3/t4-/m0/s1. The zero-order valence-electron chi connectivity index (χ0n) is 5.39. The lowest BCUT2D eigenvalue weighted by molar-refractivity contribution is 0.792. The topological polar surface area (TPSA) is 67.8 Å². The smallest absolute Gasteiger partial charge is 0.0548 e. The van der Waals surface area contributed by atoms with Crippen LogP contribution in [-0.2, 0) is 0 Å². The number of hydrogen-bond donors (Lipinski definition) is 3. The van der Waals surface area contributed by atoms with Crippen LogP contribution in [0, 0.1) is 0 Å². The molecule has 1 aromatic rings. The number of hydrogen-bond acceptors (Lipinski definition) is 2. The first-order valence-electron chi connectivity index (χ1n) is 2.90. The lowest BCUT2D eigenvalue weighted by atomic mass is 10.2. The van der Waals surface area contributed by atoms with Crippen LogP contribution in [0.4, 0.5) is 5.69 Å². The Morgan fingerprint density at radius 1 is 1.67 bits per heavy atom. The molecule has 0 saturated heterocycles. The van der Waals surface area contributed by atoms with Crippen LogP contribution >= 0.6 is 0 Å². The Morgan fingerprint density at radius 3 is 2.56 bits per heavy atom. The van der Waals surface area contributed by atoms with Crippen LogP contribution in [0.5, 0.6) is 0 Å². The van der Waals surface area contributed by atoms with E-state index in [9.17, 15) is 0 Å². The lowest BCUT2D eigenvalue weighted by Crippen LogP contribution is -2.07. The normalized spacial score (nSPS) is 13.6. The minimum absolute atomic E-state index is 0.000000000000000444. The van der Waals surface area contributed by atoms with Gasteiger partial charge in [-0.1, -0.05) is 0 Å². The summed E-state index contributed by atoms with van der Waals surface area (Å²) in [6.07, 6.45) is 1.79. The third-order valence-corrected chi connectivity index (χ3v) is 1.27. The number of nitrogens with two attached hydrogens (primary N) is 2. The first kappa shape index (κ1) is 6.16. The predicted molar refractivity (Wildman–Crippen MR) is 37.8 cm³/mol. The molecular weight excluding hydrogens is 114 g/mol. The lowest BCUT2D eigenvalue weighted by Gasteiger charge is -2.01. The molecule has 0 radical (unpaired) electrons. The van der Waals surface area contributed by atoms with Crippen molar-refractivity contribution >= 4 is 5.69 Å². The highest BCUT2D eigenvalue weighted by molar-refractivity contribution is 5.44. The summed E-state index contributed by atoms with van der Waals surface area (Å²) in [6.45, 7) is 1.89. The van der Waals surface area contributed by atoms with Gasteiger partial charge in [0.1, 0.15) is 0 Å². The van der Waals surface area contributed by atoms with Gasteiger partial charge in [0, 0.05) is 12.2 Å². The van der Waals surface area contributed by atoms with E-state index in [2.05, 4.69) is 4.98 Å². The van der Waals surface area contributed by atoms with E-state index in [0.717, 1.165) is 11.4 Å². The molecule has 50 valence electrons. The van der Waals surface area contributed by atoms with E-state index in [-0.39, 0.29) is 6.04 Å². The van der Waals surface area contributed by atoms with Crippen LogP contribution in [0.3, 0.4) is 0 Å². The maximum atomic E-state index is 5.55. The zero-order chi connectivity index (χ0) is 6.85.